The highest BCUT2D eigenvalue weighted by atomic mass is 79.9. The molecule has 2 atom stereocenters. The molecular formula is C33H44BrNO. The minimum atomic E-state index is -0.208. The zero-order valence-electron chi connectivity index (χ0n) is 24.2. The van der Waals surface area contributed by atoms with Gasteiger partial charge in [0.05, 0.1) is 4.47 Å². The lowest BCUT2D eigenvalue weighted by Crippen LogP contribution is -2.32. The molecule has 0 amide bonds. The van der Waals surface area contributed by atoms with Gasteiger partial charge in [0.2, 0.25) is 0 Å². The fraction of sp³-hybridized carbons (Fsp3) is 0.606. The van der Waals surface area contributed by atoms with Crippen molar-refractivity contribution in [3.8, 4) is 11.5 Å². The summed E-state index contributed by atoms with van der Waals surface area (Å²) in [5, 5.41) is 0. The molecule has 0 N–H and O–H groups in total. The van der Waals surface area contributed by atoms with Crippen molar-refractivity contribution in [1.82, 2.24) is 0 Å². The molecule has 2 aromatic carbocycles. The van der Waals surface area contributed by atoms with Crippen molar-refractivity contribution in [3.63, 3.8) is 0 Å². The number of hydrogen-bond donors (Lipinski definition) is 0. The summed E-state index contributed by atoms with van der Waals surface area (Å²) in [5.74, 6) is 2.59. The molecule has 5 rings (SSSR count). The normalized spacial score (nSPS) is 27.1. The average molecular weight is 551 g/mol. The van der Waals surface area contributed by atoms with Crippen LogP contribution in [0.5, 0.6) is 11.5 Å². The van der Waals surface area contributed by atoms with Gasteiger partial charge in [0, 0.05) is 27.7 Å². The van der Waals surface area contributed by atoms with Crippen LogP contribution in [0.25, 0.3) is 0 Å². The van der Waals surface area contributed by atoms with E-state index in [4.69, 9.17) is 9.73 Å². The first-order valence-corrected chi connectivity index (χ1v) is 14.5. The van der Waals surface area contributed by atoms with E-state index in [1.54, 1.807) is 0 Å². The maximum Gasteiger partial charge on any atom is 0.157 e. The number of benzene rings is 2. The van der Waals surface area contributed by atoms with Gasteiger partial charge in [0.1, 0.15) is 11.4 Å². The van der Waals surface area contributed by atoms with Crippen molar-refractivity contribution in [3.05, 3.63) is 51.0 Å². The van der Waals surface area contributed by atoms with Crippen LogP contribution >= 0.6 is 15.9 Å². The fourth-order valence-electron chi connectivity index (χ4n) is 6.79. The van der Waals surface area contributed by atoms with E-state index in [2.05, 4.69) is 116 Å². The minimum absolute atomic E-state index is 0.0199. The molecule has 1 aliphatic heterocycles. The van der Waals surface area contributed by atoms with E-state index < -0.39 is 0 Å². The van der Waals surface area contributed by atoms with E-state index in [9.17, 15) is 0 Å². The first-order valence-electron chi connectivity index (χ1n) is 13.7. The van der Waals surface area contributed by atoms with Crippen LogP contribution in [0.1, 0.15) is 118 Å². The van der Waals surface area contributed by atoms with Gasteiger partial charge in [0.25, 0.3) is 0 Å². The van der Waals surface area contributed by atoms with Crippen LogP contribution < -0.4 is 4.74 Å². The van der Waals surface area contributed by atoms with Gasteiger partial charge in [-0.1, -0.05) is 88.3 Å². The molecule has 0 aromatic heterocycles. The summed E-state index contributed by atoms with van der Waals surface area (Å²) in [6.07, 6.45) is 3.67. The van der Waals surface area contributed by atoms with Gasteiger partial charge in [0.15, 0.2) is 5.75 Å². The highest BCUT2D eigenvalue weighted by Gasteiger charge is 2.59. The first-order chi connectivity index (χ1) is 16.4. The maximum atomic E-state index is 6.83. The lowest BCUT2D eigenvalue weighted by molar-refractivity contribution is 0.194. The van der Waals surface area contributed by atoms with Crippen molar-refractivity contribution in [2.24, 2.45) is 21.7 Å². The Hall–Kier alpha value is -1.61. The fourth-order valence-corrected chi connectivity index (χ4v) is 7.33. The second-order valence-corrected chi connectivity index (χ2v) is 15.8. The zero-order valence-corrected chi connectivity index (χ0v) is 25.8. The number of nitrogens with zero attached hydrogens (tertiary/aromatic N) is 1. The molecule has 0 spiro atoms. The molecule has 0 saturated heterocycles. The third kappa shape index (κ3) is 3.66. The Morgan fingerprint density at radius 3 is 1.89 bits per heavy atom. The minimum Gasteiger partial charge on any atom is -0.453 e. The Kier molecular flexibility index (Phi) is 5.57. The van der Waals surface area contributed by atoms with Crippen LogP contribution in [0, 0.1) is 16.7 Å². The number of fused-ring (bicyclic) bond motifs is 4. The summed E-state index contributed by atoms with van der Waals surface area (Å²) in [7, 11) is 0. The number of ether oxygens (including phenoxy) is 1. The third-order valence-electron chi connectivity index (χ3n) is 10.2. The third-order valence-corrected chi connectivity index (χ3v) is 10.8. The Morgan fingerprint density at radius 1 is 0.833 bits per heavy atom. The van der Waals surface area contributed by atoms with E-state index in [1.165, 1.54) is 40.8 Å². The number of halogens is 1. The van der Waals surface area contributed by atoms with Crippen molar-refractivity contribution in [2.75, 3.05) is 0 Å². The lowest BCUT2D eigenvalue weighted by atomic mass is 9.70. The topological polar surface area (TPSA) is 21.6 Å². The van der Waals surface area contributed by atoms with E-state index in [0.29, 0.717) is 5.41 Å². The molecule has 2 aromatic rings. The van der Waals surface area contributed by atoms with Gasteiger partial charge in [-0.2, -0.15) is 0 Å². The Bertz CT molecular complexity index is 1280. The lowest BCUT2D eigenvalue weighted by Gasteiger charge is -2.38. The van der Waals surface area contributed by atoms with Gasteiger partial charge in [-0.05, 0) is 80.6 Å². The highest BCUT2D eigenvalue weighted by Crippen LogP contribution is 2.65. The van der Waals surface area contributed by atoms with Crippen LogP contribution in [0.15, 0.2) is 33.7 Å². The standard InChI is InChI=1S/C33H44BrNO/c1-29(2,3)20-14-22-27(24(34)16-20)36-28-23(31(22,7)8)15-21(30(4,5)6)17-25(28)35-26-18-19-12-13-33(26,11)32(19,9)10/h14-17,19H,12-13,18H2,1-11H3/t19-,33+/m0/s1. The van der Waals surface area contributed by atoms with Crippen LogP contribution in [-0.4, -0.2) is 5.71 Å². The predicted molar refractivity (Wildman–Crippen MR) is 157 cm³/mol. The predicted octanol–water partition coefficient (Wildman–Crippen LogP) is 10.4. The average Bonchev–Trinajstić information content (AvgIpc) is 3.07. The van der Waals surface area contributed by atoms with Crippen LogP contribution in [0.2, 0.25) is 0 Å². The molecule has 2 aliphatic carbocycles. The molecule has 3 aliphatic rings. The van der Waals surface area contributed by atoms with E-state index in [-0.39, 0.29) is 21.7 Å². The van der Waals surface area contributed by atoms with Crippen LogP contribution in [-0.2, 0) is 16.2 Å². The molecule has 36 heavy (non-hydrogen) atoms. The summed E-state index contributed by atoms with van der Waals surface area (Å²) in [4.78, 5) is 5.50. The SMILES string of the molecule is CC(C)(C)c1cc(Br)c2c(c1)C(C)(C)c1cc(C(C)(C)C)cc(N=C3C[C@@H]4CC[C@@]3(C)C4(C)C)c1O2. The summed E-state index contributed by atoms with van der Waals surface area (Å²) >= 11 is 3.88. The second-order valence-electron chi connectivity index (χ2n) is 15.0. The number of aliphatic imine (C=N–C) groups is 1. The number of rotatable bonds is 1. The van der Waals surface area contributed by atoms with Gasteiger partial charge in [-0.3, -0.25) is 4.99 Å². The zero-order chi connectivity index (χ0) is 26.6. The largest absolute Gasteiger partial charge is 0.453 e. The van der Waals surface area contributed by atoms with Gasteiger partial charge >= 0.3 is 0 Å². The smallest absolute Gasteiger partial charge is 0.157 e. The number of hydrogen-bond acceptors (Lipinski definition) is 2. The maximum absolute atomic E-state index is 6.83. The van der Waals surface area contributed by atoms with Gasteiger partial charge < -0.3 is 4.74 Å². The van der Waals surface area contributed by atoms with Crippen molar-refractivity contribution >= 4 is 27.3 Å². The van der Waals surface area contributed by atoms with Gasteiger partial charge in [-0.15, -0.1) is 0 Å². The van der Waals surface area contributed by atoms with Crippen LogP contribution in [0.4, 0.5) is 5.69 Å². The Balaban J connectivity index is 1.74. The molecule has 2 bridgehead atoms. The van der Waals surface area contributed by atoms with Crippen molar-refractivity contribution in [1.29, 1.82) is 0 Å². The first kappa shape index (κ1) is 26.0. The summed E-state index contributed by atoms with van der Waals surface area (Å²) in [5.41, 5.74) is 7.82. The van der Waals surface area contributed by atoms with Crippen LogP contribution in [0.3, 0.4) is 0 Å². The van der Waals surface area contributed by atoms with E-state index in [1.807, 2.05) is 0 Å². The Morgan fingerprint density at radius 2 is 1.39 bits per heavy atom. The monoisotopic (exact) mass is 549 g/mol. The molecule has 3 heteroatoms. The quantitative estimate of drug-likeness (QED) is 0.346. The van der Waals surface area contributed by atoms with Gasteiger partial charge in [-0.25, -0.2) is 0 Å². The summed E-state index contributed by atoms with van der Waals surface area (Å²) < 4.78 is 7.85. The molecule has 0 radical (unpaired) electrons. The Labute approximate surface area is 227 Å². The second kappa shape index (κ2) is 7.71. The molecule has 2 fully saturated rings. The van der Waals surface area contributed by atoms with Crippen molar-refractivity contribution < 1.29 is 4.74 Å². The van der Waals surface area contributed by atoms with E-state index >= 15 is 0 Å². The highest BCUT2D eigenvalue weighted by molar-refractivity contribution is 9.10. The molecular weight excluding hydrogens is 506 g/mol. The molecule has 2 nitrogen and oxygen atoms in total. The van der Waals surface area contributed by atoms with E-state index in [0.717, 1.165) is 34.0 Å². The molecule has 2 saturated carbocycles. The molecule has 1 heterocycles. The summed E-state index contributed by atoms with van der Waals surface area (Å²) in [6, 6.07) is 9.27. The van der Waals surface area contributed by atoms with Crippen molar-refractivity contribution in [2.45, 2.75) is 112 Å². The molecule has 194 valence electrons. The summed E-state index contributed by atoms with van der Waals surface area (Å²) in [6.45, 7) is 25.8. The molecule has 0 unspecified atom stereocenters.